The van der Waals surface area contributed by atoms with Crippen molar-refractivity contribution in [2.45, 2.75) is 38.6 Å². The number of fused-ring (bicyclic) bond motifs is 1. The van der Waals surface area contributed by atoms with Crippen LogP contribution in [0.1, 0.15) is 26.7 Å². The molecule has 3 N–H and O–H groups in total. The molecule has 0 aromatic heterocycles. The predicted octanol–water partition coefficient (Wildman–Crippen LogP) is 2.86. The first-order chi connectivity index (χ1) is 14.5. The van der Waals surface area contributed by atoms with Crippen molar-refractivity contribution in [2.75, 3.05) is 12.4 Å². The molecule has 2 fully saturated rings. The fourth-order valence-corrected chi connectivity index (χ4v) is 5.84. The van der Waals surface area contributed by atoms with Crippen LogP contribution in [0.15, 0.2) is 30.3 Å². The van der Waals surface area contributed by atoms with Gasteiger partial charge in [-0.2, -0.15) is 0 Å². The zero-order valence-corrected chi connectivity index (χ0v) is 17.4. The summed E-state index contributed by atoms with van der Waals surface area (Å²) in [5, 5.41) is 2.73. The largest absolute Gasteiger partial charge is 0.575 e. The summed E-state index contributed by atoms with van der Waals surface area (Å²) in [5.41, 5.74) is 3.36. The number of anilines is 1. The molecule has 0 radical (unpaired) electrons. The van der Waals surface area contributed by atoms with E-state index in [2.05, 4.69) is 10.1 Å². The van der Waals surface area contributed by atoms with Crippen molar-refractivity contribution in [3.8, 4) is 0 Å². The van der Waals surface area contributed by atoms with Crippen LogP contribution in [0.25, 0.3) is 0 Å². The van der Waals surface area contributed by atoms with Gasteiger partial charge in [0.05, 0.1) is 13.0 Å². The van der Waals surface area contributed by atoms with Crippen LogP contribution in [-0.2, 0) is 23.9 Å². The molecule has 31 heavy (non-hydrogen) atoms. The highest BCUT2D eigenvalue weighted by Gasteiger charge is 2.87. The summed E-state index contributed by atoms with van der Waals surface area (Å²) in [6, 6.07) is 8.48. The highest BCUT2D eigenvalue weighted by atomic mass is 19.4. The predicted molar refractivity (Wildman–Crippen MR) is 103 cm³/mol. The third-order valence-corrected chi connectivity index (χ3v) is 6.95. The number of carbonyl (C=O) groups is 3. The quantitative estimate of drug-likeness (QED) is 0.656. The third-order valence-electron chi connectivity index (χ3n) is 6.95. The second-order valence-corrected chi connectivity index (χ2v) is 8.02. The first-order valence-electron chi connectivity index (χ1n) is 10.0. The Kier molecular flexibility index (Phi) is 5.81. The van der Waals surface area contributed by atoms with E-state index in [1.165, 1.54) is 0 Å². The Labute approximate surface area is 177 Å². The van der Waals surface area contributed by atoms with Gasteiger partial charge >= 0.3 is 18.3 Å². The van der Waals surface area contributed by atoms with Gasteiger partial charge in [0.15, 0.2) is 0 Å². The molecular formula is C21H25F3N2O5. The molecule has 0 saturated heterocycles. The number of hydrogen-bond acceptors (Lipinski definition) is 6. The maximum atomic E-state index is 13.2. The van der Waals surface area contributed by atoms with Crippen molar-refractivity contribution >= 4 is 23.5 Å². The van der Waals surface area contributed by atoms with Crippen LogP contribution < -0.4 is 11.1 Å². The molecule has 0 spiro atoms. The first-order valence-corrected chi connectivity index (χ1v) is 10.0. The molecule has 0 aliphatic heterocycles. The van der Waals surface area contributed by atoms with Gasteiger partial charge < -0.3 is 20.5 Å². The second-order valence-electron chi connectivity index (χ2n) is 8.02. The van der Waals surface area contributed by atoms with Crippen LogP contribution in [0, 0.1) is 29.1 Å². The first kappa shape index (κ1) is 23.1. The Morgan fingerprint density at radius 3 is 2.26 bits per heavy atom. The zero-order valence-electron chi connectivity index (χ0n) is 17.4. The number of rotatable bonds is 6. The van der Waals surface area contributed by atoms with E-state index >= 15 is 0 Å². The summed E-state index contributed by atoms with van der Waals surface area (Å²) >= 11 is 0. The summed E-state index contributed by atoms with van der Waals surface area (Å²) in [7, 11) is 1.14. The number of nitrogens with one attached hydrogen (secondary N) is 1. The lowest BCUT2D eigenvalue weighted by Gasteiger charge is -2.39. The molecule has 7 nitrogen and oxygen atoms in total. The molecule has 1 amide bonds. The van der Waals surface area contributed by atoms with E-state index in [9.17, 15) is 27.6 Å². The minimum Gasteiger partial charge on any atom is -0.469 e. The van der Waals surface area contributed by atoms with E-state index in [-0.39, 0.29) is 12.8 Å². The van der Waals surface area contributed by atoms with Gasteiger partial charge in [0.2, 0.25) is 5.91 Å². The molecule has 3 rings (SSSR count). The number of hydrogen-bond donors (Lipinski definition) is 2. The second kappa shape index (κ2) is 7.81. The summed E-state index contributed by atoms with van der Waals surface area (Å²) in [6.07, 6.45) is -5.00. The van der Waals surface area contributed by atoms with Gasteiger partial charge in [-0.05, 0) is 30.4 Å². The maximum absolute atomic E-state index is 13.2. The number of ether oxygens (including phenoxy) is 2. The number of nitrogens with two attached hydrogens (primary N) is 1. The lowest BCUT2D eigenvalue weighted by Crippen LogP contribution is -2.62. The molecule has 2 aliphatic rings. The van der Waals surface area contributed by atoms with E-state index in [4.69, 9.17) is 10.5 Å². The molecule has 2 saturated carbocycles. The van der Waals surface area contributed by atoms with E-state index < -0.39 is 58.8 Å². The molecule has 10 heteroatoms. The molecule has 1 aromatic rings. The summed E-state index contributed by atoms with van der Waals surface area (Å²) < 4.78 is 47.3. The van der Waals surface area contributed by atoms with Crippen LogP contribution in [0.2, 0.25) is 0 Å². The maximum Gasteiger partial charge on any atom is 0.575 e. The average molecular weight is 442 g/mol. The Hall–Kier alpha value is -2.62. The SMILES string of the molecule is CCC1C(C(=O)Nc2ccccc2)C2C(C(=O)OC)C2(CC)C1(N)C(=O)OC(F)(F)F. The zero-order chi connectivity index (χ0) is 23.2. The number of methoxy groups -OCH3 is 1. The van der Waals surface area contributed by atoms with Gasteiger partial charge in [0.1, 0.15) is 5.54 Å². The monoisotopic (exact) mass is 442 g/mol. The number of para-hydroxylation sites is 1. The van der Waals surface area contributed by atoms with Gasteiger partial charge in [0, 0.05) is 17.0 Å². The Bertz CT molecular complexity index is 878. The van der Waals surface area contributed by atoms with E-state index in [1.807, 2.05) is 0 Å². The topological polar surface area (TPSA) is 108 Å². The molecular weight excluding hydrogens is 417 g/mol. The van der Waals surface area contributed by atoms with Crippen LogP contribution >= 0.6 is 0 Å². The highest BCUT2D eigenvalue weighted by molar-refractivity contribution is 5.98. The molecule has 6 atom stereocenters. The number of alkyl halides is 3. The normalized spacial score (nSPS) is 33.9. The number of carbonyl (C=O) groups excluding carboxylic acids is 3. The van der Waals surface area contributed by atoms with Gasteiger partial charge in [-0.3, -0.25) is 9.59 Å². The van der Waals surface area contributed by atoms with Crippen molar-refractivity contribution in [1.29, 1.82) is 0 Å². The van der Waals surface area contributed by atoms with Crippen LogP contribution in [0.5, 0.6) is 0 Å². The third kappa shape index (κ3) is 3.37. The van der Waals surface area contributed by atoms with Gasteiger partial charge in [-0.1, -0.05) is 38.5 Å². The Balaban J connectivity index is 2.07. The summed E-state index contributed by atoms with van der Waals surface area (Å²) in [5.74, 6) is -6.57. The molecule has 0 heterocycles. The fraction of sp³-hybridized carbons (Fsp3) is 0.571. The van der Waals surface area contributed by atoms with Gasteiger partial charge in [-0.25, -0.2) is 4.79 Å². The van der Waals surface area contributed by atoms with Crippen molar-refractivity contribution in [3.63, 3.8) is 0 Å². The number of halogens is 3. The minimum atomic E-state index is -5.24. The van der Waals surface area contributed by atoms with Crippen LogP contribution in [0.4, 0.5) is 18.9 Å². The average Bonchev–Trinajstić information content (AvgIpc) is 3.33. The van der Waals surface area contributed by atoms with Crippen molar-refractivity contribution < 1.29 is 37.0 Å². The number of esters is 2. The van der Waals surface area contributed by atoms with E-state index in [0.29, 0.717) is 5.69 Å². The van der Waals surface area contributed by atoms with Crippen LogP contribution in [-0.4, -0.2) is 36.9 Å². The molecule has 0 bridgehead atoms. The highest BCUT2D eigenvalue weighted by Crippen LogP contribution is 2.78. The van der Waals surface area contributed by atoms with Crippen LogP contribution in [0.3, 0.4) is 0 Å². The van der Waals surface area contributed by atoms with Crippen molar-refractivity contribution in [1.82, 2.24) is 0 Å². The number of amides is 1. The Morgan fingerprint density at radius 1 is 1.16 bits per heavy atom. The molecule has 170 valence electrons. The molecule has 6 unspecified atom stereocenters. The smallest absolute Gasteiger partial charge is 0.469 e. The summed E-state index contributed by atoms with van der Waals surface area (Å²) in [4.78, 5) is 38.5. The standard InChI is InChI=1S/C21H25F3N2O5/c1-4-12-13(16(27)26-11-9-7-6-8-10-11)14-15(17(28)30-3)19(14,5-2)20(12,25)18(29)31-21(22,23)24/h6-10,12-15H,4-5,25H2,1-3H3,(H,26,27). The molecule has 1 aromatic carbocycles. The Morgan fingerprint density at radius 2 is 1.77 bits per heavy atom. The summed E-state index contributed by atoms with van der Waals surface area (Å²) in [6.45, 7) is 3.26. The fourth-order valence-electron chi connectivity index (χ4n) is 5.84. The van der Waals surface area contributed by atoms with E-state index in [0.717, 1.165) is 7.11 Å². The van der Waals surface area contributed by atoms with E-state index in [1.54, 1.807) is 44.2 Å². The minimum absolute atomic E-state index is 0.104. The lowest BCUT2D eigenvalue weighted by atomic mass is 9.69. The molecule has 2 aliphatic carbocycles. The van der Waals surface area contributed by atoms with Gasteiger partial charge in [0.25, 0.3) is 0 Å². The van der Waals surface area contributed by atoms with Crippen molar-refractivity contribution in [2.24, 2.45) is 34.8 Å². The van der Waals surface area contributed by atoms with Crippen molar-refractivity contribution in [3.05, 3.63) is 30.3 Å². The van der Waals surface area contributed by atoms with Gasteiger partial charge in [-0.15, -0.1) is 13.2 Å². The number of benzene rings is 1. The lowest BCUT2D eigenvalue weighted by molar-refractivity contribution is -0.310.